The highest BCUT2D eigenvalue weighted by molar-refractivity contribution is 6.30. The molecule has 0 bridgehead atoms. The van der Waals surface area contributed by atoms with Crippen molar-refractivity contribution in [3.63, 3.8) is 0 Å². The molecule has 0 spiro atoms. The van der Waals surface area contributed by atoms with Crippen LogP contribution >= 0.6 is 11.6 Å². The average Bonchev–Trinajstić information content (AvgIpc) is 2.70. The van der Waals surface area contributed by atoms with Crippen molar-refractivity contribution in [3.8, 4) is 0 Å². The number of nitrogens with one attached hydrogen (secondary N) is 2. The molecule has 2 N–H and O–H groups in total. The number of carbonyl (C=O) groups excluding carboxylic acids is 2. The van der Waals surface area contributed by atoms with Crippen LogP contribution in [0.1, 0.15) is 27.6 Å². The van der Waals surface area contributed by atoms with E-state index in [0.717, 1.165) is 0 Å². The van der Waals surface area contributed by atoms with Gasteiger partial charge in [-0.1, -0.05) is 23.7 Å². The van der Waals surface area contributed by atoms with Crippen molar-refractivity contribution in [2.45, 2.75) is 6.92 Å². The number of aromatic nitrogens is 1. The first-order valence-corrected chi connectivity index (χ1v) is 9.00. The highest BCUT2D eigenvalue weighted by Gasteiger charge is 2.13. The number of benzene rings is 2. The fourth-order valence-electron chi connectivity index (χ4n) is 2.49. The van der Waals surface area contributed by atoms with Crippen molar-refractivity contribution in [1.82, 2.24) is 4.98 Å². The Balaban J connectivity index is 1.78. The van der Waals surface area contributed by atoms with Gasteiger partial charge in [-0.3, -0.25) is 4.79 Å². The molecule has 28 heavy (non-hydrogen) atoms. The van der Waals surface area contributed by atoms with E-state index in [1.54, 1.807) is 67.6 Å². The van der Waals surface area contributed by atoms with Gasteiger partial charge in [0, 0.05) is 22.5 Å². The minimum atomic E-state index is -0.428. The fraction of sp³-hybridized carbons (Fsp3) is 0.0952. The molecule has 0 aliphatic carbocycles. The first kappa shape index (κ1) is 19.4. The largest absolute Gasteiger partial charge is 0.462 e. The summed E-state index contributed by atoms with van der Waals surface area (Å²) in [7, 11) is 0. The van der Waals surface area contributed by atoms with Crippen LogP contribution in [0.5, 0.6) is 0 Å². The number of anilines is 3. The number of rotatable bonds is 6. The molecule has 0 aliphatic rings. The van der Waals surface area contributed by atoms with E-state index in [1.807, 2.05) is 0 Å². The Morgan fingerprint density at radius 3 is 2.57 bits per heavy atom. The van der Waals surface area contributed by atoms with Gasteiger partial charge < -0.3 is 15.4 Å². The predicted molar refractivity (Wildman–Crippen MR) is 109 cm³/mol. The maximum atomic E-state index is 12.5. The molecule has 1 heterocycles. The van der Waals surface area contributed by atoms with Gasteiger partial charge in [-0.05, 0) is 55.5 Å². The third-order valence-corrected chi connectivity index (χ3v) is 4.06. The summed E-state index contributed by atoms with van der Waals surface area (Å²) >= 11 is 5.86. The lowest BCUT2D eigenvalue weighted by atomic mass is 10.1. The number of ether oxygens (including phenoxy) is 1. The van der Waals surface area contributed by atoms with Crippen LogP contribution in [-0.4, -0.2) is 23.5 Å². The quantitative estimate of drug-likeness (QED) is 0.580. The van der Waals surface area contributed by atoms with E-state index in [2.05, 4.69) is 15.6 Å². The van der Waals surface area contributed by atoms with Gasteiger partial charge in [-0.25, -0.2) is 9.78 Å². The van der Waals surface area contributed by atoms with E-state index >= 15 is 0 Å². The molecule has 0 atom stereocenters. The molecule has 0 radical (unpaired) electrons. The van der Waals surface area contributed by atoms with Crippen LogP contribution in [0.3, 0.4) is 0 Å². The van der Waals surface area contributed by atoms with Gasteiger partial charge in [-0.2, -0.15) is 0 Å². The summed E-state index contributed by atoms with van der Waals surface area (Å²) in [5, 5.41) is 6.46. The number of halogens is 1. The molecular formula is C21H18ClN3O3. The van der Waals surface area contributed by atoms with Gasteiger partial charge >= 0.3 is 5.97 Å². The Labute approximate surface area is 167 Å². The van der Waals surface area contributed by atoms with E-state index in [4.69, 9.17) is 16.3 Å². The molecule has 0 unspecified atom stereocenters. The number of carbonyl (C=O) groups is 2. The van der Waals surface area contributed by atoms with Crippen molar-refractivity contribution in [2.24, 2.45) is 0 Å². The van der Waals surface area contributed by atoms with E-state index in [-0.39, 0.29) is 12.5 Å². The second-order valence-electron chi connectivity index (χ2n) is 5.78. The number of hydrogen-bond acceptors (Lipinski definition) is 5. The van der Waals surface area contributed by atoms with Gasteiger partial charge in [0.25, 0.3) is 5.91 Å². The molecular weight excluding hydrogens is 378 g/mol. The monoisotopic (exact) mass is 395 g/mol. The summed E-state index contributed by atoms with van der Waals surface area (Å²) in [5.41, 5.74) is 1.99. The van der Waals surface area contributed by atoms with Crippen LogP contribution < -0.4 is 10.6 Å². The van der Waals surface area contributed by atoms with Crippen LogP contribution in [0.4, 0.5) is 17.2 Å². The molecule has 1 amide bonds. The molecule has 3 rings (SSSR count). The second kappa shape index (κ2) is 9.01. The number of pyridine rings is 1. The Morgan fingerprint density at radius 2 is 1.82 bits per heavy atom. The molecule has 7 heteroatoms. The highest BCUT2D eigenvalue weighted by atomic mass is 35.5. The minimum Gasteiger partial charge on any atom is -0.462 e. The Morgan fingerprint density at radius 1 is 1.07 bits per heavy atom. The first-order chi connectivity index (χ1) is 13.6. The maximum absolute atomic E-state index is 12.5. The fourth-order valence-corrected chi connectivity index (χ4v) is 2.62. The zero-order chi connectivity index (χ0) is 19.9. The summed E-state index contributed by atoms with van der Waals surface area (Å²) in [6.07, 6.45) is 1.52. The molecule has 0 saturated carbocycles. The molecule has 1 aromatic heterocycles. The van der Waals surface area contributed by atoms with E-state index in [0.29, 0.717) is 33.3 Å². The van der Waals surface area contributed by atoms with Gasteiger partial charge in [-0.15, -0.1) is 0 Å². The lowest BCUT2D eigenvalue weighted by molar-refractivity contribution is 0.0527. The van der Waals surface area contributed by atoms with Gasteiger partial charge in [0.05, 0.1) is 17.9 Å². The Bertz CT molecular complexity index is 990. The van der Waals surface area contributed by atoms with Crippen LogP contribution in [0.15, 0.2) is 66.9 Å². The van der Waals surface area contributed by atoms with Crippen molar-refractivity contribution in [2.75, 3.05) is 17.2 Å². The SMILES string of the molecule is CCOC(=O)c1ccccc1Nc1cc(C(=O)Nc2ccc(Cl)cc2)ccn1. The molecule has 6 nitrogen and oxygen atoms in total. The molecule has 142 valence electrons. The summed E-state index contributed by atoms with van der Waals surface area (Å²) in [6, 6.07) is 17.0. The number of nitrogens with zero attached hydrogens (tertiary/aromatic N) is 1. The zero-order valence-corrected chi connectivity index (χ0v) is 15.9. The molecule has 0 aliphatic heterocycles. The van der Waals surface area contributed by atoms with Crippen LogP contribution in [-0.2, 0) is 4.74 Å². The normalized spacial score (nSPS) is 10.2. The molecule has 0 saturated heterocycles. The highest BCUT2D eigenvalue weighted by Crippen LogP contribution is 2.21. The van der Waals surface area contributed by atoms with Crippen molar-refractivity contribution in [3.05, 3.63) is 83.0 Å². The van der Waals surface area contributed by atoms with Gasteiger partial charge in [0.2, 0.25) is 0 Å². The van der Waals surface area contributed by atoms with Gasteiger partial charge in [0.15, 0.2) is 0 Å². The molecule has 3 aromatic rings. The minimum absolute atomic E-state index is 0.284. The summed E-state index contributed by atoms with van der Waals surface area (Å²) < 4.78 is 5.07. The predicted octanol–water partition coefficient (Wildman–Crippen LogP) is 4.91. The van der Waals surface area contributed by atoms with E-state index in [9.17, 15) is 9.59 Å². The van der Waals surface area contributed by atoms with Crippen LogP contribution in [0.25, 0.3) is 0 Å². The summed E-state index contributed by atoms with van der Waals surface area (Å²) in [4.78, 5) is 28.8. The number of para-hydroxylation sites is 1. The number of hydrogen-bond donors (Lipinski definition) is 2. The molecule has 0 fully saturated rings. The maximum Gasteiger partial charge on any atom is 0.340 e. The van der Waals surface area contributed by atoms with E-state index in [1.165, 1.54) is 6.20 Å². The molecule has 2 aromatic carbocycles. The Hall–Kier alpha value is -3.38. The smallest absolute Gasteiger partial charge is 0.340 e. The lowest BCUT2D eigenvalue weighted by Crippen LogP contribution is -2.12. The third-order valence-electron chi connectivity index (χ3n) is 3.81. The average molecular weight is 396 g/mol. The van der Waals surface area contributed by atoms with Crippen LogP contribution in [0, 0.1) is 0 Å². The standard InChI is InChI=1S/C21H18ClN3O3/c1-2-28-21(27)17-5-3-4-6-18(17)25-19-13-14(11-12-23-19)20(26)24-16-9-7-15(22)8-10-16/h3-13H,2H2,1H3,(H,23,25)(H,24,26). The van der Waals surface area contributed by atoms with E-state index < -0.39 is 5.97 Å². The van der Waals surface area contributed by atoms with Gasteiger partial charge in [0.1, 0.15) is 5.82 Å². The number of esters is 1. The summed E-state index contributed by atoms with van der Waals surface area (Å²) in [6.45, 7) is 2.03. The number of amides is 1. The van der Waals surface area contributed by atoms with Crippen LogP contribution in [0.2, 0.25) is 5.02 Å². The lowest BCUT2D eigenvalue weighted by Gasteiger charge is -2.11. The summed E-state index contributed by atoms with van der Waals surface area (Å²) in [5.74, 6) is -0.283. The van der Waals surface area contributed by atoms with Crippen molar-refractivity contribution in [1.29, 1.82) is 0 Å². The third kappa shape index (κ3) is 4.86. The second-order valence-corrected chi connectivity index (χ2v) is 6.22. The first-order valence-electron chi connectivity index (χ1n) is 8.63. The zero-order valence-electron chi connectivity index (χ0n) is 15.1. The van der Waals surface area contributed by atoms with Crippen molar-refractivity contribution >= 4 is 40.7 Å². The van der Waals surface area contributed by atoms with Crippen molar-refractivity contribution < 1.29 is 14.3 Å². The topological polar surface area (TPSA) is 80.3 Å². The Kier molecular flexibility index (Phi) is 6.24.